The Morgan fingerprint density at radius 1 is 1.04 bits per heavy atom. The number of rotatable bonds is 3. The van der Waals surface area contributed by atoms with E-state index in [1.54, 1.807) is 6.92 Å². The maximum absolute atomic E-state index is 14.1. The summed E-state index contributed by atoms with van der Waals surface area (Å²) in [4.78, 5) is 11.4. The highest BCUT2D eigenvalue weighted by Gasteiger charge is 2.28. The quantitative estimate of drug-likeness (QED) is 0.846. The van der Waals surface area contributed by atoms with Gasteiger partial charge in [-0.3, -0.25) is 0 Å². The van der Waals surface area contributed by atoms with E-state index in [1.165, 1.54) is 24.3 Å². The summed E-state index contributed by atoms with van der Waals surface area (Å²) in [5.41, 5.74) is 1.64. The smallest absolute Gasteiger partial charge is 0.339 e. The van der Waals surface area contributed by atoms with Gasteiger partial charge in [0.1, 0.15) is 23.1 Å². The van der Waals surface area contributed by atoms with Crippen molar-refractivity contribution >= 4 is 27.1 Å². The van der Waals surface area contributed by atoms with Crippen LogP contribution < -0.4 is 5.14 Å². The number of benzene rings is 2. The van der Waals surface area contributed by atoms with E-state index in [4.69, 9.17) is 9.88 Å². The van der Waals surface area contributed by atoms with Crippen LogP contribution in [-0.4, -0.2) is 21.0 Å². The Bertz CT molecular complexity index is 1030. The SMILES string of the molecule is Cc1cc(C2=C(c3ccc(S(N)(=O)=O)c(F)c3)COC2=O)ccc1F. The topological polar surface area (TPSA) is 86.5 Å². The summed E-state index contributed by atoms with van der Waals surface area (Å²) >= 11 is 0. The molecular formula is C17H13F2NO4S. The molecule has 1 heterocycles. The molecule has 0 radical (unpaired) electrons. The monoisotopic (exact) mass is 365 g/mol. The second kappa shape index (κ2) is 6.05. The van der Waals surface area contributed by atoms with Crippen LogP contribution >= 0.6 is 0 Å². The van der Waals surface area contributed by atoms with Gasteiger partial charge >= 0.3 is 5.97 Å². The Hall–Kier alpha value is -2.58. The fraction of sp³-hybridized carbons (Fsp3) is 0.118. The molecule has 0 bridgehead atoms. The molecule has 0 saturated carbocycles. The minimum Gasteiger partial charge on any atom is -0.457 e. The number of esters is 1. The highest BCUT2D eigenvalue weighted by atomic mass is 32.2. The number of aryl methyl sites for hydroxylation is 1. The maximum Gasteiger partial charge on any atom is 0.339 e. The van der Waals surface area contributed by atoms with E-state index in [2.05, 4.69) is 0 Å². The van der Waals surface area contributed by atoms with Crippen LogP contribution in [0.15, 0.2) is 41.3 Å². The lowest BCUT2D eigenvalue weighted by molar-refractivity contribution is -0.133. The summed E-state index contributed by atoms with van der Waals surface area (Å²) in [5.74, 6) is -2.06. The molecule has 25 heavy (non-hydrogen) atoms. The van der Waals surface area contributed by atoms with Gasteiger partial charge in [0.15, 0.2) is 0 Å². The zero-order chi connectivity index (χ0) is 18.4. The molecule has 0 atom stereocenters. The number of halogens is 2. The minimum absolute atomic E-state index is 0.0985. The lowest BCUT2D eigenvalue weighted by Gasteiger charge is -2.08. The Labute approximate surface area is 142 Å². The summed E-state index contributed by atoms with van der Waals surface area (Å²) in [7, 11) is -4.19. The molecular weight excluding hydrogens is 352 g/mol. The van der Waals surface area contributed by atoms with Gasteiger partial charge in [0.25, 0.3) is 0 Å². The second-order valence-corrected chi connectivity index (χ2v) is 7.11. The second-order valence-electron chi connectivity index (χ2n) is 5.58. The predicted molar refractivity (Wildman–Crippen MR) is 86.7 cm³/mol. The number of carbonyl (C=O) groups excluding carboxylic acids is 1. The van der Waals surface area contributed by atoms with E-state index in [-0.39, 0.29) is 17.7 Å². The van der Waals surface area contributed by atoms with Gasteiger partial charge in [0.2, 0.25) is 10.0 Å². The highest BCUT2D eigenvalue weighted by Crippen LogP contribution is 2.34. The zero-order valence-corrected chi connectivity index (χ0v) is 13.9. The maximum atomic E-state index is 14.1. The van der Waals surface area contributed by atoms with Gasteiger partial charge in [-0.1, -0.05) is 12.1 Å². The molecule has 0 aromatic heterocycles. The van der Waals surface area contributed by atoms with E-state index in [1.807, 2.05) is 0 Å². The normalized spacial score (nSPS) is 14.8. The van der Waals surface area contributed by atoms with Crippen molar-refractivity contribution in [2.24, 2.45) is 5.14 Å². The van der Waals surface area contributed by atoms with Gasteiger partial charge in [-0.05, 0) is 47.9 Å². The molecule has 1 aliphatic rings. The molecule has 0 saturated heterocycles. The molecule has 2 aromatic rings. The van der Waals surface area contributed by atoms with Crippen molar-refractivity contribution in [3.05, 3.63) is 64.7 Å². The van der Waals surface area contributed by atoms with E-state index >= 15 is 0 Å². The largest absolute Gasteiger partial charge is 0.457 e. The summed E-state index contributed by atoms with van der Waals surface area (Å²) in [6.45, 7) is 1.46. The van der Waals surface area contributed by atoms with Gasteiger partial charge in [0, 0.05) is 5.57 Å². The molecule has 5 nitrogen and oxygen atoms in total. The summed E-state index contributed by atoms with van der Waals surface area (Å²) in [5, 5.41) is 4.94. The van der Waals surface area contributed by atoms with E-state index < -0.39 is 32.5 Å². The number of carbonyl (C=O) groups is 1. The average molecular weight is 365 g/mol. The van der Waals surface area contributed by atoms with Gasteiger partial charge in [0.05, 0.1) is 5.57 Å². The van der Waals surface area contributed by atoms with Crippen LogP contribution in [0.5, 0.6) is 0 Å². The third kappa shape index (κ3) is 3.18. The van der Waals surface area contributed by atoms with Crippen LogP contribution in [0, 0.1) is 18.6 Å². The Kier molecular flexibility index (Phi) is 4.18. The molecule has 130 valence electrons. The van der Waals surface area contributed by atoms with Crippen LogP contribution in [0.1, 0.15) is 16.7 Å². The molecule has 2 N–H and O–H groups in total. The van der Waals surface area contributed by atoms with E-state index in [0.717, 1.165) is 12.1 Å². The van der Waals surface area contributed by atoms with Crippen LogP contribution in [0.4, 0.5) is 8.78 Å². The number of sulfonamides is 1. The first kappa shape index (κ1) is 17.2. The zero-order valence-electron chi connectivity index (χ0n) is 13.0. The van der Waals surface area contributed by atoms with Gasteiger partial charge in [-0.15, -0.1) is 0 Å². The molecule has 8 heteroatoms. The summed E-state index contributed by atoms with van der Waals surface area (Å²) in [6, 6.07) is 7.50. The highest BCUT2D eigenvalue weighted by molar-refractivity contribution is 7.89. The van der Waals surface area contributed by atoms with Crippen molar-refractivity contribution in [2.75, 3.05) is 6.61 Å². The number of ether oxygens (including phenoxy) is 1. The molecule has 0 amide bonds. The molecule has 0 spiro atoms. The Balaban J connectivity index is 2.16. The van der Waals surface area contributed by atoms with Crippen molar-refractivity contribution < 1.29 is 26.7 Å². The Morgan fingerprint density at radius 3 is 2.32 bits per heavy atom. The number of hydrogen-bond donors (Lipinski definition) is 1. The fourth-order valence-corrected chi connectivity index (χ4v) is 3.23. The third-order valence-corrected chi connectivity index (χ3v) is 4.83. The van der Waals surface area contributed by atoms with Gasteiger partial charge in [-0.2, -0.15) is 0 Å². The van der Waals surface area contributed by atoms with E-state index in [0.29, 0.717) is 16.7 Å². The first-order valence-electron chi connectivity index (χ1n) is 7.18. The molecule has 2 aromatic carbocycles. The molecule has 0 unspecified atom stereocenters. The molecule has 3 rings (SSSR count). The van der Waals surface area contributed by atoms with Gasteiger partial charge in [-0.25, -0.2) is 27.1 Å². The lowest BCUT2D eigenvalue weighted by atomic mass is 9.95. The number of hydrogen-bond acceptors (Lipinski definition) is 4. The van der Waals surface area contributed by atoms with Crippen molar-refractivity contribution in [2.45, 2.75) is 11.8 Å². The number of primary sulfonamides is 1. The van der Waals surface area contributed by atoms with Crippen LogP contribution in [-0.2, 0) is 19.6 Å². The van der Waals surface area contributed by atoms with Crippen molar-refractivity contribution in [3.63, 3.8) is 0 Å². The molecule has 1 aliphatic heterocycles. The summed E-state index contributed by atoms with van der Waals surface area (Å²) < 4.78 is 55.2. The lowest BCUT2D eigenvalue weighted by Crippen LogP contribution is -2.14. The van der Waals surface area contributed by atoms with Crippen LogP contribution in [0.3, 0.4) is 0 Å². The third-order valence-electron chi connectivity index (χ3n) is 3.89. The Morgan fingerprint density at radius 2 is 1.72 bits per heavy atom. The summed E-state index contributed by atoms with van der Waals surface area (Å²) in [6.07, 6.45) is 0. The first-order chi connectivity index (χ1) is 11.7. The van der Waals surface area contributed by atoms with Crippen LogP contribution in [0.2, 0.25) is 0 Å². The van der Waals surface area contributed by atoms with Gasteiger partial charge < -0.3 is 4.74 Å². The number of cyclic esters (lactones) is 1. The number of nitrogens with two attached hydrogens (primary N) is 1. The average Bonchev–Trinajstić information content (AvgIpc) is 2.90. The minimum atomic E-state index is -4.19. The fourth-order valence-electron chi connectivity index (χ4n) is 2.64. The predicted octanol–water partition coefficient (Wildman–Crippen LogP) is 2.39. The van der Waals surface area contributed by atoms with Crippen molar-refractivity contribution in [1.29, 1.82) is 0 Å². The molecule has 0 fully saturated rings. The van der Waals surface area contributed by atoms with Crippen LogP contribution in [0.25, 0.3) is 11.1 Å². The van der Waals surface area contributed by atoms with Crippen molar-refractivity contribution in [3.8, 4) is 0 Å². The van der Waals surface area contributed by atoms with Crippen molar-refractivity contribution in [1.82, 2.24) is 0 Å². The molecule has 0 aliphatic carbocycles. The first-order valence-corrected chi connectivity index (χ1v) is 8.72. The standard InChI is InChI=1S/C17H13F2NO4S/c1-9-6-11(2-4-13(9)18)16-12(8-24-17(16)21)10-3-5-15(14(19)7-10)25(20,22)23/h2-7H,8H2,1H3,(H2,20,22,23). The van der Waals surface area contributed by atoms with E-state index in [9.17, 15) is 22.0 Å².